The van der Waals surface area contributed by atoms with Crippen LogP contribution < -0.4 is 0 Å². The Morgan fingerprint density at radius 3 is 2.35 bits per heavy atom. The van der Waals surface area contributed by atoms with E-state index in [9.17, 15) is 9.90 Å². The second-order valence-corrected chi connectivity index (χ2v) is 6.58. The van der Waals surface area contributed by atoms with Gasteiger partial charge in [-0.2, -0.15) is 0 Å². The predicted molar refractivity (Wildman–Crippen MR) is 82.4 cm³/mol. The number of carboxylic acid groups (broad SMARTS) is 1. The molecular weight excluding hydrogens is 270 g/mol. The van der Waals surface area contributed by atoms with Gasteiger partial charge in [-0.1, -0.05) is 6.07 Å². The SMILES string of the molecule is Cc1cc(C)c(-c2nc(C(C)(C)C(=O)O)cs2)cc1C. The third-order valence-electron chi connectivity index (χ3n) is 3.75. The Morgan fingerprint density at radius 2 is 1.75 bits per heavy atom. The lowest BCUT2D eigenvalue weighted by Crippen LogP contribution is -2.28. The number of aliphatic carboxylic acids is 1. The summed E-state index contributed by atoms with van der Waals surface area (Å²) < 4.78 is 0. The average Bonchev–Trinajstić information content (AvgIpc) is 2.83. The molecule has 0 radical (unpaired) electrons. The van der Waals surface area contributed by atoms with Crippen LogP contribution in [0.15, 0.2) is 17.5 Å². The van der Waals surface area contributed by atoms with Crippen LogP contribution in [0.25, 0.3) is 10.6 Å². The van der Waals surface area contributed by atoms with Crippen LogP contribution in [0.2, 0.25) is 0 Å². The number of rotatable bonds is 3. The van der Waals surface area contributed by atoms with Crippen LogP contribution in [0.5, 0.6) is 0 Å². The minimum absolute atomic E-state index is 0.614. The van der Waals surface area contributed by atoms with Crippen LogP contribution in [0, 0.1) is 20.8 Å². The number of hydrogen-bond acceptors (Lipinski definition) is 3. The van der Waals surface area contributed by atoms with Crippen LogP contribution in [-0.4, -0.2) is 16.1 Å². The summed E-state index contributed by atoms with van der Waals surface area (Å²) in [7, 11) is 0. The zero-order valence-corrected chi connectivity index (χ0v) is 13.3. The molecule has 1 heterocycles. The summed E-state index contributed by atoms with van der Waals surface area (Å²) in [5.74, 6) is -0.855. The first-order valence-corrected chi connectivity index (χ1v) is 7.39. The van der Waals surface area contributed by atoms with Gasteiger partial charge in [0.05, 0.1) is 5.69 Å². The van der Waals surface area contributed by atoms with Crippen LogP contribution in [-0.2, 0) is 10.2 Å². The van der Waals surface area contributed by atoms with E-state index in [1.165, 1.54) is 28.0 Å². The number of carboxylic acids is 1. The molecule has 1 aromatic heterocycles. The maximum Gasteiger partial charge on any atom is 0.315 e. The fraction of sp³-hybridized carbons (Fsp3) is 0.375. The topological polar surface area (TPSA) is 50.2 Å². The quantitative estimate of drug-likeness (QED) is 0.925. The number of nitrogens with zero attached hydrogens (tertiary/aromatic N) is 1. The molecular formula is C16H19NO2S. The highest BCUT2D eigenvalue weighted by Crippen LogP contribution is 2.33. The molecule has 0 aliphatic rings. The molecule has 3 nitrogen and oxygen atoms in total. The van der Waals surface area contributed by atoms with E-state index in [0.29, 0.717) is 5.69 Å². The number of benzene rings is 1. The fourth-order valence-electron chi connectivity index (χ4n) is 1.99. The monoisotopic (exact) mass is 289 g/mol. The molecule has 0 aliphatic carbocycles. The first-order valence-electron chi connectivity index (χ1n) is 6.51. The van der Waals surface area contributed by atoms with Crippen LogP contribution >= 0.6 is 11.3 Å². The van der Waals surface area contributed by atoms with Gasteiger partial charge in [-0.15, -0.1) is 11.3 Å². The molecule has 106 valence electrons. The number of hydrogen-bond donors (Lipinski definition) is 1. The summed E-state index contributed by atoms with van der Waals surface area (Å²) in [4.78, 5) is 15.8. The van der Waals surface area contributed by atoms with Crippen molar-refractivity contribution in [3.8, 4) is 10.6 Å². The minimum Gasteiger partial charge on any atom is -0.481 e. The lowest BCUT2D eigenvalue weighted by atomic mass is 9.90. The van der Waals surface area contributed by atoms with Crippen molar-refractivity contribution >= 4 is 17.3 Å². The first-order chi connectivity index (χ1) is 9.23. The van der Waals surface area contributed by atoms with Gasteiger partial charge in [-0.25, -0.2) is 4.98 Å². The van der Waals surface area contributed by atoms with Crippen molar-refractivity contribution in [1.29, 1.82) is 0 Å². The Balaban J connectivity index is 2.49. The minimum atomic E-state index is -0.956. The summed E-state index contributed by atoms with van der Waals surface area (Å²) in [6, 6.07) is 4.27. The third kappa shape index (κ3) is 2.48. The van der Waals surface area contributed by atoms with Gasteiger partial charge in [0.1, 0.15) is 10.4 Å². The Kier molecular flexibility index (Phi) is 3.69. The molecule has 4 heteroatoms. The van der Waals surface area contributed by atoms with E-state index in [0.717, 1.165) is 10.6 Å². The Morgan fingerprint density at radius 1 is 1.15 bits per heavy atom. The van der Waals surface area contributed by atoms with Crippen molar-refractivity contribution < 1.29 is 9.90 Å². The second-order valence-electron chi connectivity index (χ2n) is 5.72. The number of aryl methyl sites for hydroxylation is 3. The zero-order chi connectivity index (χ0) is 15.1. The predicted octanol–water partition coefficient (Wildman–Crippen LogP) is 4.10. The molecule has 0 bridgehead atoms. The van der Waals surface area contributed by atoms with Crippen molar-refractivity contribution in [2.24, 2.45) is 0 Å². The molecule has 0 amide bonds. The molecule has 0 saturated heterocycles. The summed E-state index contributed by atoms with van der Waals surface area (Å²) in [5, 5.41) is 12.0. The maximum atomic E-state index is 11.3. The molecule has 0 spiro atoms. The molecule has 1 N–H and O–H groups in total. The van der Waals surface area contributed by atoms with E-state index in [2.05, 4.69) is 37.9 Å². The standard InChI is InChI=1S/C16H19NO2S/c1-9-6-11(3)12(7-10(9)2)14-17-13(8-20-14)16(4,5)15(18)19/h6-8H,1-5H3,(H,18,19). The second kappa shape index (κ2) is 5.02. The van der Waals surface area contributed by atoms with Gasteiger partial charge in [-0.05, 0) is 57.4 Å². The molecule has 2 aromatic rings. The maximum absolute atomic E-state index is 11.3. The van der Waals surface area contributed by atoms with Crippen LogP contribution in [0.4, 0.5) is 0 Å². The van der Waals surface area contributed by atoms with Gasteiger partial charge in [-0.3, -0.25) is 4.79 Å². The van der Waals surface area contributed by atoms with E-state index in [4.69, 9.17) is 0 Å². The number of carbonyl (C=O) groups is 1. The summed E-state index contributed by atoms with van der Waals surface area (Å²) in [5.41, 5.74) is 4.40. The highest BCUT2D eigenvalue weighted by Gasteiger charge is 2.32. The molecule has 0 fully saturated rings. The molecule has 0 saturated carbocycles. The normalized spacial score (nSPS) is 11.7. The summed E-state index contributed by atoms with van der Waals surface area (Å²) in [6.45, 7) is 9.59. The molecule has 0 aliphatic heterocycles. The third-order valence-corrected chi connectivity index (χ3v) is 4.63. The highest BCUT2D eigenvalue weighted by molar-refractivity contribution is 7.13. The smallest absolute Gasteiger partial charge is 0.315 e. The van der Waals surface area contributed by atoms with Crippen LogP contribution in [0.3, 0.4) is 0 Å². The van der Waals surface area contributed by atoms with E-state index in [1.54, 1.807) is 13.8 Å². The van der Waals surface area contributed by atoms with Crippen molar-refractivity contribution in [2.75, 3.05) is 0 Å². The van der Waals surface area contributed by atoms with Gasteiger partial charge >= 0.3 is 5.97 Å². The van der Waals surface area contributed by atoms with Gasteiger partial charge < -0.3 is 5.11 Å². The number of thiazole rings is 1. The average molecular weight is 289 g/mol. The molecule has 0 atom stereocenters. The van der Waals surface area contributed by atoms with Crippen molar-refractivity contribution in [3.63, 3.8) is 0 Å². The summed E-state index contributed by atoms with van der Waals surface area (Å²) in [6.07, 6.45) is 0. The van der Waals surface area contributed by atoms with Crippen molar-refractivity contribution in [1.82, 2.24) is 4.98 Å². The lowest BCUT2D eigenvalue weighted by molar-refractivity contribution is -0.142. The van der Waals surface area contributed by atoms with Gasteiger partial charge in [0.25, 0.3) is 0 Å². The Hall–Kier alpha value is -1.68. The van der Waals surface area contributed by atoms with E-state index < -0.39 is 11.4 Å². The van der Waals surface area contributed by atoms with E-state index >= 15 is 0 Å². The van der Waals surface area contributed by atoms with E-state index in [-0.39, 0.29) is 0 Å². The molecule has 1 aromatic carbocycles. The van der Waals surface area contributed by atoms with Gasteiger partial charge in [0.2, 0.25) is 0 Å². The molecule has 20 heavy (non-hydrogen) atoms. The first kappa shape index (κ1) is 14.7. The Labute approximate surface area is 123 Å². The van der Waals surface area contributed by atoms with Crippen molar-refractivity contribution in [3.05, 3.63) is 39.9 Å². The van der Waals surface area contributed by atoms with Crippen molar-refractivity contribution in [2.45, 2.75) is 40.0 Å². The van der Waals surface area contributed by atoms with Gasteiger partial charge in [0, 0.05) is 10.9 Å². The lowest BCUT2D eigenvalue weighted by Gasteiger charge is -2.15. The fourth-order valence-corrected chi connectivity index (χ4v) is 3.05. The van der Waals surface area contributed by atoms with E-state index in [1.807, 2.05) is 5.38 Å². The Bertz CT molecular complexity index is 671. The number of aromatic nitrogens is 1. The molecule has 0 unspecified atom stereocenters. The van der Waals surface area contributed by atoms with Gasteiger partial charge in [0.15, 0.2) is 0 Å². The van der Waals surface area contributed by atoms with Crippen LogP contribution in [0.1, 0.15) is 36.2 Å². The molecule has 2 rings (SSSR count). The zero-order valence-electron chi connectivity index (χ0n) is 12.4. The largest absolute Gasteiger partial charge is 0.481 e. The highest BCUT2D eigenvalue weighted by atomic mass is 32.1. The summed E-state index contributed by atoms with van der Waals surface area (Å²) >= 11 is 1.50.